The van der Waals surface area contributed by atoms with E-state index in [9.17, 15) is 14.7 Å². The number of benzene rings is 2. The molecule has 3 aliphatic rings. The lowest BCUT2D eigenvalue weighted by Crippen LogP contribution is -2.63. The molecule has 2 amide bonds. The number of likely N-dealkylation sites (tertiary alicyclic amines) is 2. The van der Waals surface area contributed by atoms with E-state index in [1.54, 1.807) is 11.1 Å². The van der Waals surface area contributed by atoms with Gasteiger partial charge < -0.3 is 26.4 Å². The van der Waals surface area contributed by atoms with Crippen molar-refractivity contribution in [1.82, 2.24) is 20.4 Å². The Bertz CT molecular complexity index is 1210. The Labute approximate surface area is 250 Å². The molecule has 8 heteroatoms. The third kappa shape index (κ3) is 6.98. The molecule has 2 heterocycles. The molecule has 5 rings (SSSR count). The van der Waals surface area contributed by atoms with Gasteiger partial charge in [0.25, 0.3) is 0 Å². The third-order valence-electron chi connectivity index (χ3n) is 8.90. The first kappa shape index (κ1) is 30.1. The Morgan fingerprint density at radius 1 is 1.02 bits per heavy atom. The number of allylic oxidation sites excluding steroid dienone is 1. The minimum absolute atomic E-state index is 0.0684. The second-order valence-corrected chi connectivity index (χ2v) is 13.5. The third-order valence-corrected chi connectivity index (χ3v) is 8.90. The van der Waals surface area contributed by atoms with Gasteiger partial charge in [-0.3, -0.25) is 14.5 Å². The van der Waals surface area contributed by atoms with Crippen molar-refractivity contribution in [3.8, 4) is 0 Å². The first-order chi connectivity index (χ1) is 20.1. The molecule has 1 saturated carbocycles. The van der Waals surface area contributed by atoms with Crippen LogP contribution in [0.15, 0.2) is 72.6 Å². The van der Waals surface area contributed by atoms with Crippen molar-refractivity contribution in [1.29, 1.82) is 0 Å². The zero-order valence-corrected chi connectivity index (χ0v) is 25.3. The van der Waals surface area contributed by atoms with E-state index in [2.05, 4.69) is 39.8 Å². The second kappa shape index (κ2) is 12.5. The van der Waals surface area contributed by atoms with Crippen LogP contribution < -0.4 is 16.4 Å². The van der Waals surface area contributed by atoms with E-state index in [1.165, 1.54) is 11.1 Å². The number of carbonyl (C=O) groups excluding carboxylic acids is 2. The van der Waals surface area contributed by atoms with Crippen molar-refractivity contribution >= 4 is 11.8 Å². The van der Waals surface area contributed by atoms with Gasteiger partial charge >= 0.3 is 0 Å². The summed E-state index contributed by atoms with van der Waals surface area (Å²) in [5, 5.41) is 17.6. The molecule has 0 bridgehead atoms. The Morgan fingerprint density at radius 2 is 1.62 bits per heavy atom. The van der Waals surface area contributed by atoms with Crippen molar-refractivity contribution in [2.24, 2.45) is 17.1 Å². The molecule has 8 nitrogen and oxygen atoms in total. The monoisotopic (exact) mass is 573 g/mol. The maximum atomic E-state index is 13.7. The quantitative estimate of drug-likeness (QED) is 0.327. The molecule has 42 heavy (non-hydrogen) atoms. The first-order valence-electron chi connectivity index (χ1n) is 15.4. The Kier molecular flexibility index (Phi) is 8.94. The van der Waals surface area contributed by atoms with Crippen LogP contribution in [0.3, 0.4) is 0 Å². The number of aliphatic hydroxyl groups is 1. The molecule has 5 N–H and O–H groups in total. The van der Waals surface area contributed by atoms with Gasteiger partial charge in [-0.1, -0.05) is 81.4 Å². The van der Waals surface area contributed by atoms with Crippen molar-refractivity contribution in [2.75, 3.05) is 26.2 Å². The van der Waals surface area contributed by atoms with Crippen LogP contribution in [0.2, 0.25) is 0 Å². The molecular formula is C34H47N5O3. The Hall–Kier alpha value is -3.36. The largest absolute Gasteiger partial charge is 0.401 e. The lowest BCUT2D eigenvalue weighted by molar-refractivity contribution is -0.142. The van der Waals surface area contributed by atoms with Gasteiger partial charge in [0.1, 0.15) is 12.1 Å². The number of rotatable bonds is 11. The lowest BCUT2D eigenvalue weighted by atomic mass is 9.85. The minimum Gasteiger partial charge on any atom is -0.401 e. The average molecular weight is 574 g/mol. The highest BCUT2D eigenvalue weighted by Gasteiger charge is 2.45. The molecule has 2 aromatic rings. The number of nitrogens with zero attached hydrogens (tertiary/aromatic N) is 2. The smallest absolute Gasteiger partial charge is 0.246 e. The van der Waals surface area contributed by atoms with Crippen molar-refractivity contribution < 1.29 is 14.7 Å². The van der Waals surface area contributed by atoms with E-state index in [0.717, 1.165) is 25.0 Å². The van der Waals surface area contributed by atoms with Crippen LogP contribution in [0, 0.1) is 11.3 Å². The summed E-state index contributed by atoms with van der Waals surface area (Å²) in [4.78, 5) is 31.0. The van der Waals surface area contributed by atoms with E-state index in [4.69, 9.17) is 5.73 Å². The van der Waals surface area contributed by atoms with Crippen LogP contribution in [-0.4, -0.2) is 70.6 Å². The highest BCUT2D eigenvalue weighted by molar-refractivity contribution is 5.90. The highest BCUT2D eigenvalue weighted by Crippen LogP contribution is 2.37. The van der Waals surface area contributed by atoms with Crippen molar-refractivity contribution in [2.45, 2.75) is 76.6 Å². The van der Waals surface area contributed by atoms with Gasteiger partial charge in [-0.05, 0) is 54.6 Å². The molecule has 3 fully saturated rings. The van der Waals surface area contributed by atoms with Crippen molar-refractivity contribution in [3.05, 3.63) is 83.7 Å². The topological polar surface area (TPSA) is 111 Å². The first-order valence-corrected chi connectivity index (χ1v) is 15.4. The fourth-order valence-electron chi connectivity index (χ4n) is 6.35. The second-order valence-electron chi connectivity index (χ2n) is 13.5. The number of β-amino-alcohol motifs (C(OH)–C–C–N with tert-alkyl or cyclic N) is 1. The SMILES string of the molecule is CC(C)(C)[C@H](N/C=C(\N)C1CC1)C(=O)N1CCC[C@H]1C(=O)NCCC1(O)CN(C(c2ccccc2)c2ccccc2)C1. The van der Waals surface area contributed by atoms with Gasteiger partial charge in [-0.2, -0.15) is 0 Å². The van der Waals surface area contributed by atoms with Gasteiger partial charge in [-0.15, -0.1) is 0 Å². The molecule has 0 unspecified atom stereocenters. The summed E-state index contributed by atoms with van der Waals surface area (Å²) in [5.41, 5.74) is 8.14. The van der Waals surface area contributed by atoms with Gasteiger partial charge in [0.2, 0.25) is 11.8 Å². The summed E-state index contributed by atoms with van der Waals surface area (Å²) in [7, 11) is 0. The summed E-state index contributed by atoms with van der Waals surface area (Å²) >= 11 is 0. The molecule has 0 radical (unpaired) electrons. The van der Waals surface area contributed by atoms with E-state index in [0.29, 0.717) is 44.9 Å². The summed E-state index contributed by atoms with van der Waals surface area (Å²) in [5.74, 6) is 0.201. The molecule has 1 aliphatic carbocycles. The normalized spacial score (nSPS) is 21.6. The predicted octanol–water partition coefficient (Wildman–Crippen LogP) is 3.53. The number of carbonyl (C=O) groups is 2. The van der Waals surface area contributed by atoms with Gasteiger partial charge in [-0.25, -0.2) is 0 Å². The van der Waals surface area contributed by atoms with Crippen LogP contribution in [-0.2, 0) is 9.59 Å². The van der Waals surface area contributed by atoms with Crippen LogP contribution in [0.1, 0.15) is 70.0 Å². The Morgan fingerprint density at radius 3 is 2.17 bits per heavy atom. The summed E-state index contributed by atoms with van der Waals surface area (Å²) in [6, 6.07) is 19.8. The molecule has 0 aromatic heterocycles. The molecular weight excluding hydrogens is 526 g/mol. The van der Waals surface area contributed by atoms with E-state index >= 15 is 0 Å². The summed E-state index contributed by atoms with van der Waals surface area (Å²) in [6.07, 6.45) is 5.88. The zero-order valence-electron chi connectivity index (χ0n) is 25.3. The molecule has 0 spiro atoms. The molecule has 2 saturated heterocycles. The molecule has 2 aliphatic heterocycles. The summed E-state index contributed by atoms with van der Waals surface area (Å²) < 4.78 is 0. The van der Waals surface area contributed by atoms with Gasteiger partial charge in [0.05, 0.1) is 11.6 Å². The van der Waals surface area contributed by atoms with E-state index in [1.807, 2.05) is 57.2 Å². The number of nitrogens with two attached hydrogens (primary N) is 1. The van der Waals surface area contributed by atoms with Crippen LogP contribution in [0.5, 0.6) is 0 Å². The predicted molar refractivity (Wildman–Crippen MR) is 165 cm³/mol. The van der Waals surface area contributed by atoms with E-state index in [-0.39, 0.29) is 23.3 Å². The number of hydrogen-bond donors (Lipinski definition) is 4. The fraction of sp³-hybridized carbons (Fsp3) is 0.529. The van der Waals surface area contributed by atoms with Crippen LogP contribution in [0.4, 0.5) is 0 Å². The fourth-order valence-corrected chi connectivity index (χ4v) is 6.35. The standard InChI is InChI=1S/C34H47N5O3/c1-33(2,3)30(37-21-27(35)24-16-17-24)32(41)39-20-10-15-28(39)31(40)36-19-18-34(42)22-38(23-34)29(25-11-6-4-7-12-25)26-13-8-5-9-14-26/h4-9,11-14,21,24,28-30,37,42H,10,15-20,22-23,35H2,1-3H3,(H,36,40)/b27-21-/t28-,30+/m0/s1. The van der Waals surface area contributed by atoms with E-state index < -0.39 is 17.7 Å². The maximum absolute atomic E-state index is 13.7. The number of nitrogens with one attached hydrogen (secondary N) is 2. The number of amides is 2. The minimum atomic E-state index is -0.866. The average Bonchev–Trinajstić information content (AvgIpc) is 3.68. The lowest BCUT2D eigenvalue weighted by Gasteiger charge is -2.50. The molecule has 2 atom stereocenters. The number of hydrogen-bond acceptors (Lipinski definition) is 6. The zero-order chi connectivity index (χ0) is 29.9. The molecule has 226 valence electrons. The molecule has 2 aromatic carbocycles. The Balaban J connectivity index is 1.15. The van der Waals surface area contributed by atoms with Crippen LogP contribution in [0.25, 0.3) is 0 Å². The maximum Gasteiger partial charge on any atom is 0.246 e. The van der Waals surface area contributed by atoms with Crippen molar-refractivity contribution in [3.63, 3.8) is 0 Å². The highest BCUT2D eigenvalue weighted by atomic mass is 16.3. The van der Waals surface area contributed by atoms with Crippen LogP contribution >= 0.6 is 0 Å². The van der Waals surface area contributed by atoms with Gasteiger partial charge in [0, 0.05) is 38.1 Å². The van der Waals surface area contributed by atoms with Gasteiger partial charge in [0.15, 0.2) is 0 Å². The summed E-state index contributed by atoms with van der Waals surface area (Å²) in [6.45, 7) is 8.06.